The van der Waals surface area contributed by atoms with Crippen molar-refractivity contribution in [2.45, 2.75) is 131 Å². The van der Waals surface area contributed by atoms with Crippen molar-refractivity contribution in [3.05, 3.63) is 57.6 Å². The van der Waals surface area contributed by atoms with Crippen LogP contribution in [0.4, 0.5) is 0 Å². The molecule has 11 heteroatoms. The van der Waals surface area contributed by atoms with Crippen LogP contribution >= 0.6 is 15.2 Å². The normalized spacial score (nSPS) is 15.3. The Hall–Kier alpha value is -1.14. The fraction of sp³-hybridized carbons (Fsp3) is 0.647. The zero-order chi connectivity index (χ0) is 34.7. The molecule has 2 N–H and O–H groups in total. The third-order valence-electron chi connectivity index (χ3n) is 6.98. The first-order valence-corrected chi connectivity index (χ1v) is 18.6. The number of phenolic OH excluding ortho intramolecular Hbond substituents is 2. The molecule has 2 atom stereocenters. The summed E-state index contributed by atoms with van der Waals surface area (Å²) < 4.78 is 33.6. The Morgan fingerprint density at radius 2 is 0.756 bits per heavy atom. The van der Waals surface area contributed by atoms with Gasteiger partial charge in [0.2, 0.25) is 0 Å². The molecule has 45 heavy (non-hydrogen) atoms. The number of benzene rings is 2. The molecule has 2 unspecified atom stereocenters. The number of rotatable bonds is 8. The van der Waals surface area contributed by atoms with Crippen LogP contribution < -0.4 is 9.79 Å². The van der Waals surface area contributed by atoms with Gasteiger partial charge in [-0.25, -0.2) is 0 Å². The van der Waals surface area contributed by atoms with Crippen LogP contribution in [0.1, 0.15) is 130 Å². The van der Waals surface area contributed by atoms with Gasteiger partial charge in [-0.3, -0.25) is 0 Å². The fourth-order valence-corrected chi connectivity index (χ4v) is 7.02. The van der Waals surface area contributed by atoms with Gasteiger partial charge in [0.1, 0.15) is 26.7 Å². The molecule has 0 aliphatic rings. The number of aromatic hydroxyl groups is 2. The molecule has 0 bridgehead atoms. The SMILES string of the molecule is CCOP(=O)([O-])Cc1cc(C(C)(C)C)c(O)c(C(C)(C)C)c1.CCOP(=O)([O-])Cc1cc(C(C)(C)C)c(O)c(C(C)(C)C)c1.[Mn+2]. The molecule has 0 amide bonds. The molecule has 0 aliphatic heterocycles. The van der Waals surface area contributed by atoms with Crippen molar-refractivity contribution in [1.29, 1.82) is 0 Å². The molecule has 0 fully saturated rings. The Morgan fingerprint density at radius 1 is 0.556 bits per heavy atom. The Kier molecular flexibility index (Phi) is 15.4. The Labute approximate surface area is 282 Å². The van der Waals surface area contributed by atoms with Crippen molar-refractivity contribution in [2.75, 3.05) is 13.2 Å². The van der Waals surface area contributed by atoms with E-state index in [0.29, 0.717) is 11.1 Å². The Morgan fingerprint density at radius 3 is 0.911 bits per heavy atom. The second-order valence-electron chi connectivity index (χ2n) is 15.5. The standard InChI is InChI=1S/2C17H29O4P.Mn/c2*1-8-21-22(19,20)11-12-9-13(16(2,3)4)15(18)14(10-12)17(5,6)7;/h2*9-10,18H,8,11H2,1-7H3,(H,19,20);/q;;+2/p-2. The molecule has 0 aromatic heterocycles. The van der Waals surface area contributed by atoms with Gasteiger partial charge in [0.05, 0.1) is 13.2 Å². The van der Waals surface area contributed by atoms with Crippen LogP contribution in [0.2, 0.25) is 0 Å². The predicted octanol–water partition coefficient (Wildman–Crippen LogP) is 8.15. The van der Waals surface area contributed by atoms with E-state index in [2.05, 4.69) is 0 Å². The molecule has 2 aromatic rings. The summed E-state index contributed by atoms with van der Waals surface area (Å²) in [6.07, 6.45) is -0.319. The van der Waals surface area contributed by atoms with Crippen molar-refractivity contribution in [3.8, 4) is 11.5 Å². The average molecular weight is 710 g/mol. The first-order valence-electron chi connectivity index (χ1n) is 15.2. The molecule has 2 rings (SSSR count). The van der Waals surface area contributed by atoms with Gasteiger partial charge in [0, 0.05) is 12.3 Å². The molecule has 1 radical (unpaired) electrons. The van der Waals surface area contributed by atoms with Crippen molar-refractivity contribution in [1.82, 2.24) is 0 Å². The molecular formula is C34H56MnO8P2. The van der Waals surface area contributed by atoms with E-state index in [1.807, 2.05) is 83.1 Å². The van der Waals surface area contributed by atoms with Gasteiger partial charge in [-0.2, -0.15) is 0 Å². The van der Waals surface area contributed by atoms with Crippen molar-refractivity contribution in [2.24, 2.45) is 0 Å². The molecule has 2 aromatic carbocycles. The van der Waals surface area contributed by atoms with Gasteiger partial charge in [0.15, 0.2) is 0 Å². The molecule has 0 heterocycles. The maximum Gasteiger partial charge on any atom is 2.00 e. The summed E-state index contributed by atoms with van der Waals surface area (Å²) in [5, 5.41) is 21.2. The summed E-state index contributed by atoms with van der Waals surface area (Å²) in [4.78, 5) is 23.9. The topological polar surface area (TPSA) is 139 Å². The van der Waals surface area contributed by atoms with Gasteiger partial charge in [0.25, 0.3) is 0 Å². The van der Waals surface area contributed by atoms with Gasteiger partial charge in [-0.15, -0.1) is 0 Å². The number of hydrogen-bond donors (Lipinski definition) is 2. The minimum Gasteiger partial charge on any atom is -0.778 e. The summed E-state index contributed by atoms with van der Waals surface area (Å²) in [6.45, 7) is 27.6. The van der Waals surface area contributed by atoms with E-state index < -0.39 is 15.2 Å². The quantitative estimate of drug-likeness (QED) is 0.207. The van der Waals surface area contributed by atoms with Crippen LogP contribution in [0.5, 0.6) is 11.5 Å². The minimum absolute atomic E-state index is 0. The van der Waals surface area contributed by atoms with Crippen LogP contribution in [-0.4, -0.2) is 23.4 Å². The van der Waals surface area contributed by atoms with E-state index in [9.17, 15) is 29.1 Å². The fourth-order valence-electron chi connectivity index (χ4n) is 4.79. The summed E-state index contributed by atoms with van der Waals surface area (Å²) >= 11 is 0. The molecule has 8 nitrogen and oxygen atoms in total. The van der Waals surface area contributed by atoms with E-state index in [-0.39, 0.29) is 75.8 Å². The van der Waals surface area contributed by atoms with E-state index in [4.69, 9.17) is 9.05 Å². The minimum atomic E-state index is -3.91. The molecular weight excluding hydrogens is 653 g/mol. The molecule has 0 aliphatic carbocycles. The molecule has 257 valence electrons. The van der Waals surface area contributed by atoms with E-state index in [1.54, 1.807) is 38.1 Å². The molecule has 0 saturated heterocycles. The molecule has 0 spiro atoms. The zero-order valence-electron chi connectivity index (χ0n) is 29.8. The van der Waals surface area contributed by atoms with Crippen LogP contribution in [0, 0.1) is 0 Å². The maximum absolute atomic E-state index is 11.9. The zero-order valence-corrected chi connectivity index (χ0v) is 32.7. The monoisotopic (exact) mass is 709 g/mol. The van der Waals surface area contributed by atoms with E-state index in [1.165, 1.54) is 0 Å². The largest absolute Gasteiger partial charge is 2.00 e. The first kappa shape index (κ1) is 43.9. The predicted molar refractivity (Wildman–Crippen MR) is 177 cm³/mol. The summed E-state index contributed by atoms with van der Waals surface area (Å²) in [7, 11) is -7.81. The van der Waals surface area contributed by atoms with E-state index >= 15 is 0 Å². The smallest absolute Gasteiger partial charge is 0.778 e. The van der Waals surface area contributed by atoms with Crippen LogP contribution in [0.15, 0.2) is 24.3 Å². The van der Waals surface area contributed by atoms with Gasteiger partial charge in [-0.05, 0) is 68.9 Å². The van der Waals surface area contributed by atoms with Crippen LogP contribution in [0.3, 0.4) is 0 Å². The number of phenols is 2. The Bertz CT molecular complexity index is 1200. The second-order valence-corrected chi connectivity index (χ2v) is 19.0. The van der Waals surface area contributed by atoms with Crippen molar-refractivity contribution in [3.63, 3.8) is 0 Å². The second kappa shape index (κ2) is 15.8. The van der Waals surface area contributed by atoms with Crippen LogP contribution in [0.25, 0.3) is 0 Å². The van der Waals surface area contributed by atoms with Gasteiger partial charge >= 0.3 is 17.1 Å². The summed E-state index contributed by atoms with van der Waals surface area (Å²) in [6, 6.07) is 7.09. The van der Waals surface area contributed by atoms with Crippen molar-refractivity contribution >= 4 is 15.2 Å². The average Bonchev–Trinajstić information content (AvgIpc) is 2.78. The third-order valence-corrected chi connectivity index (χ3v) is 9.78. The third kappa shape index (κ3) is 13.5. The first-order chi connectivity index (χ1) is 19.6. The van der Waals surface area contributed by atoms with Gasteiger partial charge < -0.3 is 38.2 Å². The Balaban J connectivity index is 0.000000842. The van der Waals surface area contributed by atoms with Gasteiger partial charge in [-0.1, -0.05) is 107 Å². The summed E-state index contributed by atoms with van der Waals surface area (Å²) in [5.41, 5.74) is 3.21. The van der Waals surface area contributed by atoms with Crippen molar-refractivity contribution < 1.29 is 55.2 Å². The number of hydrogen-bond acceptors (Lipinski definition) is 8. The van der Waals surface area contributed by atoms with E-state index in [0.717, 1.165) is 22.3 Å². The summed E-state index contributed by atoms with van der Waals surface area (Å²) in [5.74, 6) is 0.502. The van der Waals surface area contributed by atoms with Crippen LogP contribution in [-0.2, 0) is 69.2 Å². The maximum atomic E-state index is 11.9. The molecule has 0 saturated carbocycles.